The number of rotatable bonds is 7. The van der Waals surface area contributed by atoms with Gasteiger partial charge in [-0.2, -0.15) is 0 Å². The minimum Gasteiger partial charge on any atom is -0.494 e. The summed E-state index contributed by atoms with van der Waals surface area (Å²) >= 11 is 0. The first-order valence-electron chi connectivity index (χ1n) is 10.6. The molecule has 31 heavy (non-hydrogen) atoms. The summed E-state index contributed by atoms with van der Waals surface area (Å²) in [6, 6.07) is 11.9. The topological polar surface area (TPSA) is 84.9 Å². The maximum absolute atomic E-state index is 12.8. The van der Waals surface area contributed by atoms with Gasteiger partial charge < -0.3 is 14.8 Å². The van der Waals surface area contributed by atoms with Gasteiger partial charge in [0.2, 0.25) is 0 Å². The van der Waals surface area contributed by atoms with E-state index in [1.54, 1.807) is 12.1 Å². The number of nitrogens with one attached hydrogen (secondary N) is 1. The molecule has 1 fully saturated rings. The molecule has 0 radical (unpaired) electrons. The number of hydrogen-bond donors (Lipinski definition) is 1. The van der Waals surface area contributed by atoms with Crippen molar-refractivity contribution in [1.82, 2.24) is 10.2 Å². The lowest BCUT2D eigenvalue weighted by Crippen LogP contribution is -2.36. The van der Waals surface area contributed by atoms with E-state index in [0.29, 0.717) is 24.3 Å². The summed E-state index contributed by atoms with van der Waals surface area (Å²) in [5, 5.41) is 2.94. The Bertz CT molecular complexity index is 1010. The number of amides is 3. The standard InChI is InChI=1S/C24H26N2O5/c1-3-30-18-7-4-6-16(12-18)15(2)25-22(27)17-9-10-20-21(13-17)24(29)26(23(20)28)14-19-8-5-11-31-19/h4,6-7,9-10,12-13,15,19H,3,5,8,11,14H2,1-2H3,(H,25,27). The normalized spacial score (nSPS) is 18.8. The predicted octanol–water partition coefficient (Wildman–Crippen LogP) is 3.35. The lowest BCUT2D eigenvalue weighted by Gasteiger charge is -2.17. The zero-order chi connectivity index (χ0) is 22.0. The highest BCUT2D eigenvalue weighted by molar-refractivity contribution is 6.22. The molecule has 4 rings (SSSR count). The molecule has 2 aromatic rings. The second-order valence-electron chi connectivity index (χ2n) is 7.82. The van der Waals surface area contributed by atoms with Gasteiger partial charge in [-0.1, -0.05) is 12.1 Å². The number of hydrogen-bond acceptors (Lipinski definition) is 5. The second kappa shape index (κ2) is 8.89. The van der Waals surface area contributed by atoms with Crippen molar-refractivity contribution >= 4 is 17.7 Å². The molecule has 162 valence electrons. The Labute approximate surface area is 181 Å². The smallest absolute Gasteiger partial charge is 0.261 e. The molecule has 7 nitrogen and oxygen atoms in total. The van der Waals surface area contributed by atoms with E-state index in [2.05, 4.69) is 5.32 Å². The van der Waals surface area contributed by atoms with Gasteiger partial charge in [0.1, 0.15) is 5.75 Å². The highest BCUT2D eigenvalue weighted by atomic mass is 16.5. The molecule has 2 aliphatic rings. The summed E-state index contributed by atoms with van der Waals surface area (Å²) in [4.78, 5) is 39.5. The quantitative estimate of drug-likeness (QED) is 0.692. The van der Waals surface area contributed by atoms with Crippen LogP contribution in [0.5, 0.6) is 5.75 Å². The molecule has 2 heterocycles. The van der Waals surface area contributed by atoms with Gasteiger partial charge in [-0.25, -0.2) is 0 Å². The third kappa shape index (κ3) is 4.32. The Balaban J connectivity index is 1.47. The van der Waals surface area contributed by atoms with E-state index in [1.807, 2.05) is 38.1 Å². The van der Waals surface area contributed by atoms with Crippen molar-refractivity contribution in [3.05, 3.63) is 64.7 Å². The van der Waals surface area contributed by atoms with Crippen LogP contribution in [0, 0.1) is 0 Å². The maximum Gasteiger partial charge on any atom is 0.261 e. The molecule has 0 bridgehead atoms. The number of benzene rings is 2. The SMILES string of the molecule is CCOc1cccc(C(C)NC(=O)c2ccc3c(c2)C(=O)N(CC2CCCO2)C3=O)c1. The Morgan fingerprint density at radius 2 is 2.00 bits per heavy atom. The molecule has 2 aromatic carbocycles. The monoisotopic (exact) mass is 422 g/mol. The summed E-state index contributed by atoms with van der Waals surface area (Å²) in [5.41, 5.74) is 1.85. The van der Waals surface area contributed by atoms with Crippen LogP contribution < -0.4 is 10.1 Å². The number of carbonyl (C=O) groups excluding carboxylic acids is 3. The summed E-state index contributed by atoms with van der Waals surface area (Å²) in [6.45, 7) is 5.27. The van der Waals surface area contributed by atoms with Crippen molar-refractivity contribution in [3.63, 3.8) is 0 Å². The van der Waals surface area contributed by atoms with Crippen molar-refractivity contribution in [1.29, 1.82) is 0 Å². The van der Waals surface area contributed by atoms with Gasteiger partial charge in [0.05, 0.1) is 36.4 Å². The summed E-state index contributed by atoms with van der Waals surface area (Å²) in [5.74, 6) is -0.268. The molecule has 1 N–H and O–H groups in total. The Kier molecular flexibility index (Phi) is 6.04. The van der Waals surface area contributed by atoms with Crippen LogP contribution in [0.3, 0.4) is 0 Å². The molecule has 0 saturated carbocycles. The first-order valence-corrected chi connectivity index (χ1v) is 10.6. The van der Waals surface area contributed by atoms with E-state index in [1.165, 1.54) is 11.0 Å². The first kappa shape index (κ1) is 21.1. The van der Waals surface area contributed by atoms with Crippen LogP contribution in [0.15, 0.2) is 42.5 Å². The highest BCUT2D eigenvalue weighted by Gasteiger charge is 2.38. The van der Waals surface area contributed by atoms with E-state index in [-0.39, 0.29) is 42.0 Å². The number of ether oxygens (including phenoxy) is 2. The van der Waals surface area contributed by atoms with Gasteiger partial charge >= 0.3 is 0 Å². The molecule has 1 saturated heterocycles. The molecular formula is C24H26N2O5. The number of nitrogens with zero attached hydrogens (tertiary/aromatic N) is 1. The summed E-state index contributed by atoms with van der Waals surface area (Å²) in [6.07, 6.45) is 1.66. The number of carbonyl (C=O) groups is 3. The van der Waals surface area contributed by atoms with E-state index in [9.17, 15) is 14.4 Å². The summed E-state index contributed by atoms with van der Waals surface area (Å²) < 4.78 is 11.1. The van der Waals surface area contributed by atoms with Crippen LogP contribution >= 0.6 is 0 Å². The van der Waals surface area contributed by atoms with Gasteiger partial charge in [-0.05, 0) is 62.6 Å². The van der Waals surface area contributed by atoms with Crippen LogP contribution in [0.25, 0.3) is 0 Å². The molecule has 0 aliphatic carbocycles. The van der Waals surface area contributed by atoms with Gasteiger partial charge in [0.25, 0.3) is 17.7 Å². The number of fused-ring (bicyclic) bond motifs is 1. The largest absolute Gasteiger partial charge is 0.494 e. The third-order valence-corrected chi connectivity index (χ3v) is 5.66. The van der Waals surface area contributed by atoms with Crippen molar-refractivity contribution in [2.24, 2.45) is 0 Å². The van der Waals surface area contributed by atoms with Gasteiger partial charge in [0, 0.05) is 12.2 Å². The molecule has 2 unspecified atom stereocenters. The Hall–Kier alpha value is -3.19. The highest BCUT2D eigenvalue weighted by Crippen LogP contribution is 2.26. The van der Waals surface area contributed by atoms with Crippen molar-refractivity contribution in [2.75, 3.05) is 19.8 Å². The average molecular weight is 422 g/mol. The minimum absolute atomic E-state index is 0.113. The lowest BCUT2D eigenvalue weighted by atomic mass is 10.0. The van der Waals surface area contributed by atoms with E-state index >= 15 is 0 Å². The zero-order valence-corrected chi connectivity index (χ0v) is 17.7. The summed E-state index contributed by atoms with van der Waals surface area (Å²) in [7, 11) is 0. The Morgan fingerprint density at radius 3 is 2.74 bits per heavy atom. The molecule has 7 heteroatoms. The van der Waals surface area contributed by atoms with Gasteiger partial charge in [0.15, 0.2) is 0 Å². The lowest BCUT2D eigenvalue weighted by molar-refractivity contribution is 0.0475. The molecule has 0 aromatic heterocycles. The minimum atomic E-state index is -0.373. The van der Waals surface area contributed by atoms with E-state index < -0.39 is 0 Å². The predicted molar refractivity (Wildman–Crippen MR) is 114 cm³/mol. The van der Waals surface area contributed by atoms with Crippen LogP contribution in [0.1, 0.15) is 69.4 Å². The first-order chi connectivity index (χ1) is 15.0. The van der Waals surface area contributed by atoms with Crippen LogP contribution in [-0.4, -0.2) is 48.5 Å². The van der Waals surface area contributed by atoms with Crippen LogP contribution in [0.4, 0.5) is 0 Å². The van der Waals surface area contributed by atoms with Crippen molar-refractivity contribution < 1.29 is 23.9 Å². The van der Waals surface area contributed by atoms with E-state index in [4.69, 9.17) is 9.47 Å². The fourth-order valence-electron chi connectivity index (χ4n) is 3.99. The second-order valence-corrected chi connectivity index (χ2v) is 7.82. The number of imide groups is 1. The Morgan fingerprint density at radius 1 is 1.19 bits per heavy atom. The van der Waals surface area contributed by atoms with Crippen molar-refractivity contribution in [2.45, 2.75) is 38.8 Å². The third-order valence-electron chi connectivity index (χ3n) is 5.66. The molecular weight excluding hydrogens is 396 g/mol. The fraction of sp³-hybridized carbons (Fsp3) is 0.375. The fourth-order valence-corrected chi connectivity index (χ4v) is 3.99. The van der Waals surface area contributed by atoms with Crippen LogP contribution in [0.2, 0.25) is 0 Å². The maximum atomic E-state index is 12.8. The molecule has 2 atom stereocenters. The van der Waals surface area contributed by atoms with Crippen molar-refractivity contribution in [3.8, 4) is 5.75 Å². The molecule has 3 amide bonds. The van der Waals surface area contributed by atoms with E-state index in [0.717, 1.165) is 24.2 Å². The molecule has 0 spiro atoms. The van der Waals surface area contributed by atoms with Gasteiger partial charge in [-0.3, -0.25) is 19.3 Å². The molecule has 2 aliphatic heterocycles. The van der Waals surface area contributed by atoms with Gasteiger partial charge in [-0.15, -0.1) is 0 Å². The average Bonchev–Trinajstić information content (AvgIpc) is 3.37. The zero-order valence-electron chi connectivity index (χ0n) is 17.7. The van der Waals surface area contributed by atoms with Crippen LogP contribution in [-0.2, 0) is 4.74 Å².